The molecule has 5 heteroatoms. The topological polar surface area (TPSA) is 45.2 Å². The number of hydrogen-bond acceptors (Lipinski definition) is 4. The summed E-state index contributed by atoms with van der Waals surface area (Å²) in [6.45, 7) is 7.02. The highest BCUT2D eigenvalue weighted by Crippen LogP contribution is 2.37. The van der Waals surface area contributed by atoms with Crippen LogP contribution >= 0.6 is 11.3 Å². The average molecular weight is 293 g/mol. The Morgan fingerprint density at radius 3 is 2.95 bits per heavy atom. The molecule has 3 rings (SSSR count). The summed E-state index contributed by atoms with van der Waals surface area (Å²) in [5, 5.41) is 6.36. The summed E-state index contributed by atoms with van der Waals surface area (Å²) in [5.41, 5.74) is 0.924. The van der Waals surface area contributed by atoms with Crippen LogP contribution in [0.25, 0.3) is 0 Å². The second kappa shape index (κ2) is 5.45. The number of thiazole rings is 1. The molecule has 1 unspecified atom stereocenters. The lowest BCUT2D eigenvalue weighted by atomic mass is 9.86. The molecule has 0 aromatic carbocycles. The van der Waals surface area contributed by atoms with Crippen LogP contribution in [0.3, 0.4) is 0 Å². The zero-order chi connectivity index (χ0) is 14.2. The fourth-order valence-electron chi connectivity index (χ4n) is 3.39. The Morgan fingerprint density at radius 1 is 1.45 bits per heavy atom. The van der Waals surface area contributed by atoms with Gasteiger partial charge < -0.3 is 5.32 Å². The van der Waals surface area contributed by atoms with Gasteiger partial charge in [-0.15, -0.1) is 11.3 Å². The van der Waals surface area contributed by atoms with Gasteiger partial charge in [0.2, 0.25) is 5.91 Å². The first-order chi connectivity index (χ1) is 9.62. The van der Waals surface area contributed by atoms with Gasteiger partial charge in [0, 0.05) is 11.9 Å². The summed E-state index contributed by atoms with van der Waals surface area (Å²) in [6.07, 6.45) is 4.22. The molecule has 1 N–H and O–H groups in total. The summed E-state index contributed by atoms with van der Waals surface area (Å²) in [5.74, 6) is 0.715. The fourth-order valence-corrected chi connectivity index (χ4v) is 4.36. The Balaban J connectivity index is 1.76. The van der Waals surface area contributed by atoms with Crippen molar-refractivity contribution in [3.05, 3.63) is 16.1 Å². The summed E-state index contributed by atoms with van der Waals surface area (Å²) in [4.78, 5) is 19.4. The van der Waals surface area contributed by atoms with E-state index in [4.69, 9.17) is 4.98 Å². The van der Waals surface area contributed by atoms with E-state index in [0.29, 0.717) is 5.92 Å². The number of hydrogen-bond donors (Lipinski definition) is 1. The number of carbonyl (C=O) groups excluding carboxylic acids is 1. The van der Waals surface area contributed by atoms with E-state index in [1.807, 2.05) is 0 Å². The van der Waals surface area contributed by atoms with E-state index >= 15 is 0 Å². The van der Waals surface area contributed by atoms with Gasteiger partial charge in [-0.2, -0.15) is 0 Å². The lowest BCUT2D eigenvalue weighted by Crippen LogP contribution is -2.58. The molecule has 3 heterocycles. The monoisotopic (exact) mass is 293 g/mol. The van der Waals surface area contributed by atoms with Crippen LogP contribution in [0.5, 0.6) is 0 Å². The van der Waals surface area contributed by atoms with Crippen molar-refractivity contribution < 1.29 is 4.79 Å². The number of nitrogens with one attached hydrogen (secondary N) is 1. The SMILES string of the molecule is CC(C)c1csc(CN2CCCC23CCCNC3=O)n1. The van der Waals surface area contributed by atoms with Gasteiger partial charge in [-0.1, -0.05) is 13.8 Å². The second-order valence-corrected chi connectivity index (χ2v) is 7.18. The van der Waals surface area contributed by atoms with Crippen LogP contribution < -0.4 is 5.32 Å². The molecule has 0 bridgehead atoms. The van der Waals surface area contributed by atoms with E-state index in [0.717, 1.165) is 50.3 Å². The average Bonchev–Trinajstić information content (AvgIpc) is 3.03. The molecular weight excluding hydrogens is 270 g/mol. The minimum Gasteiger partial charge on any atom is -0.354 e. The number of amides is 1. The van der Waals surface area contributed by atoms with Crippen LogP contribution in [-0.2, 0) is 11.3 Å². The fraction of sp³-hybridized carbons (Fsp3) is 0.733. The lowest BCUT2D eigenvalue weighted by Gasteiger charge is -2.39. The van der Waals surface area contributed by atoms with Crippen LogP contribution in [0.1, 0.15) is 56.2 Å². The number of aromatic nitrogens is 1. The molecule has 2 fully saturated rings. The smallest absolute Gasteiger partial charge is 0.240 e. The first kappa shape index (κ1) is 14.0. The van der Waals surface area contributed by atoms with Gasteiger partial charge in [0.25, 0.3) is 0 Å². The third kappa shape index (κ3) is 2.37. The number of piperidine rings is 1. The van der Waals surface area contributed by atoms with E-state index in [1.165, 1.54) is 5.69 Å². The van der Waals surface area contributed by atoms with Gasteiger partial charge in [0.1, 0.15) is 10.5 Å². The van der Waals surface area contributed by atoms with E-state index < -0.39 is 0 Å². The van der Waals surface area contributed by atoms with Crippen LogP contribution in [0.2, 0.25) is 0 Å². The maximum absolute atomic E-state index is 12.4. The van der Waals surface area contributed by atoms with E-state index in [1.54, 1.807) is 11.3 Å². The zero-order valence-corrected chi connectivity index (χ0v) is 13.1. The molecule has 2 saturated heterocycles. The third-order valence-corrected chi connectivity index (χ3v) is 5.44. The highest BCUT2D eigenvalue weighted by molar-refractivity contribution is 7.09. The zero-order valence-electron chi connectivity index (χ0n) is 12.3. The van der Waals surface area contributed by atoms with Gasteiger partial charge in [-0.05, 0) is 38.1 Å². The maximum Gasteiger partial charge on any atom is 0.240 e. The Morgan fingerprint density at radius 2 is 2.25 bits per heavy atom. The Hall–Kier alpha value is -0.940. The second-order valence-electron chi connectivity index (χ2n) is 6.24. The van der Waals surface area contributed by atoms with Crippen LogP contribution in [0.15, 0.2) is 5.38 Å². The van der Waals surface area contributed by atoms with Crippen molar-refractivity contribution in [2.24, 2.45) is 0 Å². The van der Waals surface area contributed by atoms with Crippen LogP contribution in [0.4, 0.5) is 0 Å². The van der Waals surface area contributed by atoms with E-state index in [9.17, 15) is 4.79 Å². The lowest BCUT2D eigenvalue weighted by molar-refractivity contribution is -0.134. The predicted molar refractivity (Wildman–Crippen MR) is 80.8 cm³/mol. The van der Waals surface area contributed by atoms with Crippen molar-refractivity contribution in [1.82, 2.24) is 15.2 Å². The highest BCUT2D eigenvalue weighted by Gasteiger charge is 2.48. The molecule has 1 atom stereocenters. The standard InChI is InChI=1S/C15H23N3OS/c1-11(2)12-10-20-13(17-12)9-18-8-4-6-15(18)5-3-7-16-14(15)19/h10-11H,3-9H2,1-2H3,(H,16,19). The van der Waals surface area contributed by atoms with Crippen molar-refractivity contribution in [3.8, 4) is 0 Å². The number of rotatable bonds is 3. The van der Waals surface area contributed by atoms with Gasteiger partial charge in [-0.25, -0.2) is 4.98 Å². The normalized spacial score (nSPS) is 27.4. The molecule has 2 aliphatic rings. The minimum absolute atomic E-state index is 0.238. The molecule has 1 aromatic rings. The summed E-state index contributed by atoms with van der Waals surface area (Å²) in [6, 6.07) is 0. The first-order valence-electron chi connectivity index (χ1n) is 7.59. The maximum atomic E-state index is 12.4. The summed E-state index contributed by atoms with van der Waals surface area (Å²) in [7, 11) is 0. The highest BCUT2D eigenvalue weighted by atomic mass is 32.1. The number of carbonyl (C=O) groups is 1. The van der Waals surface area contributed by atoms with Crippen molar-refractivity contribution in [3.63, 3.8) is 0 Å². The molecule has 110 valence electrons. The molecule has 1 aromatic heterocycles. The van der Waals surface area contributed by atoms with E-state index in [-0.39, 0.29) is 11.4 Å². The Labute approximate surface area is 124 Å². The van der Waals surface area contributed by atoms with Crippen molar-refractivity contribution in [2.75, 3.05) is 13.1 Å². The van der Waals surface area contributed by atoms with Crippen LogP contribution in [-0.4, -0.2) is 34.4 Å². The van der Waals surface area contributed by atoms with Crippen molar-refractivity contribution in [2.45, 2.75) is 57.5 Å². The molecule has 0 radical (unpaired) electrons. The first-order valence-corrected chi connectivity index (χ1v) is 8.47. The molecule has 2 aliphatic heterocycles. The Bertz CT molecular complexity index is 499. The molecule has 1 spiro atoms. The van der Waals surface area contributed by atoms with Gasteiger partial charge in [0.05, 0.1) is 12.2 Å². The van der Waals surface area contributed by atoms with Gasteiger partial charge in [0.15, 0.2) is 0 Å². The van der Waals surface area contributed by atoms with E-state index in [2.05, 4.69) is 29.4 Å². The van der Waals surface area contributed by atoms with Gasteiger partial charge in [-0.3, -0.25) is 9.69 Å². The molecule has 0 aliphatic carbocycles. The molecule has 4 nitrogen and oxygen atoms in total. The number of likely N-dealkylation sites (tertiary alicyclic amines) is 1. The van der Waals surface area contributed by atoms with Crippen molar-refractivity contribution >= 4 is 17.2 Å². The van der Waals surface area contributed by atoms with Crippen molar-refractivity contribution in [1.29, 1.82) is 0 Å². The number of nitrogens with zero attached hydrogens (tertiary/aromatic N) is 2. The quantitative estimate of drug-likeness (QED) is 0.931. The minimum atomic E-state index is -0.248. The molecule has 1 amide bonds. The summed E-state index contributed by atoms with van der Waals surface area (Å²) < 4.78 is 0. The predicted octanol–water partition coefficient (Wildman–Crippen LogP) is 2.51. The van der Waals surface area contributed by atoms with Crippen LogP contribution in [0, 0.1) is 0 Å². The Kier molecular flexibility index (Phi) is 3.82. The largest absolute Gasteiger partial charge is 0.354 e. The molecular formula is C15H23N3OS. The summed E-state index contributed by atoms with van der Waals surface area (Å²) >= 11 is 1.73. The molecule has 0 saturated carbocycles. The third-order valence-electron chi connectivity index (χ3n) is 4.59. The van der Waals surface area contributed by atoms with Gasteiger partial charge >= 0.3 is 0 Å². The molecule has 20 heavy (non-hydrogen) atoms.